The number of benzene rings is 2. The summed E-state index contributed by atoms with van der Waals surface area (Å²) in [5, 5.41) is 7.13. The summed E-state index contributed by atoms with van der Waals surface area (Å²) in [5.41, 5.74) is 0.720. The first-order valence-electron chi connectivity index (χ1n) is 9.23. The van der Waals surface area contributed by atoms with E-state index >= 15 is 0 Å². The van der Waals surface area contributed by atoms with Crippen LogP contribution in [-0.4, -0.2) is 15.7 Å². The molecule has 0 fully saturated rings. The van der Waals surface area contributed by atoms with Gasteiger partial charge in [-0.25, -0.2) is 4.39 Å². The fraction of sp³-hybridized carbons (Fsp3) is 0.0909. The lowest BCUT2D eigenvalue weighted by atomic mass is 10.2. The third-order valence-electron chi connectivity index (χ3n) is 4.27. The normalized spacial score (nSPS) is 10.8. The molecule has 2 heterocycles. The van der Waals surface area contributed by atoms with Crippen LogP contribution in [0.25, 0.3) is 0 Å². The van der Waals surface area contributed by atoms with Crippen LogP contribution in [-0.2, 0) is 13.2 Å². The Bertz CT molecular complexity index is 1220. The molecular formula is C22H16BrClFN3O3. The summed E-state index contributed by atoms with van der Waals surface area (Å²) < 4.78 is 26.9. The van der Waals surface area contributed by atoms with Crippen molar-refractivity contribution in [2.45, 2.75) is 13.2 Å². The minimum absolute atomic E-state index is 0.0986. The highest BCUT2D eigenvalue weighted by Crippen LogP contribution is 2.25. The number of halogens is 3. The van der Waals surface area contributed by atoms with Crippen LogP contribution >= 0.6 is 27.5 Å². The van der Waals surface area contributed by atoms with Crippen molar-refractivity contribution in [1.29, 1.82) is 0 Å². The number of carbonyl (C=O) groups is 1. The number of hydrogen-bond donors (Lipinski definition) is 1. The second-order valence-corrected chi connectivity index (χ2v) is 7.85. The summed E-state index contributed by atoms with van der Waals surface area (Å²) >= 11 is 9.59. The maximum atomic E-state index is 13.4. The largest absolute Gasteiger partial charge is 0.484 e. The van der Waals surface area contributed by atoms with Crippen molar-refractivity contribution in [3.63, 3.8) is 0 Å². The molecule has 4 rings (SSSR count). The molecule has 0 aliphatic rings. The van der Waals surface area contributed by atoms with Crippen molar-refractivity contribution < 1.29 is 18.3 Å². The molecule has 2 aromatic carbocycles. The van der Waals surface area contributed by atoms with Crippen LogP contribution in [0, 0.1) is 5.82 Å². The lowest BCUT2D eigenvalue weighted by Gasteiger charge is -2.05. The molecule has 0 radical (unpaired) electrons. The number of carbonyl (C=O) groups excluding carboxylic acids is 1. The van der Waals surface area contributed by atoms with Gasteiger partial charge >= 0.3 is 0 Å². The molecule has 9 heteroatoms. The van der Waals surface area contributed by atoms with Gasteiger partial charge < -0.3 is 14.5 Å². The summed E-state index contributed by atoms with van der Waals surface area (Å²) in [6, 6.07) is 16.8. The zero-order valence-corrected chi connectivity index (χ0v) is 18.4. The predicted octanol–water partition coefficient (Wildman–Crippen LogP) is 5.91. The van der Waals surface area contributed by atoms with E-state index in [1.165, 1.54) is 16.8 Å². The molecule has 0 unspecified atom stereocenters. The monoisotopic (exact) mass is 503 g/mol. The molecule has 2 aromatic heterocycles. The molecule has 0 atom stereocenters. The van der Waals surface area contributed by atoms with Gasteiger partial charge in [0, 0.05) is 6.20 Å². The van der Waals surface area contributed by atoms with Gasteiger partial charge in [0.1, 0.15) is 29.0 Å². The van der Waals surface area contributed by atoms with Gasteiger partial charge in [0.25, 0.3) is 5.91 Å². The van der Waals surface area contributed by atoms with E-state index in [9.17, 15) is 9.18 Å². The number of ether oxygens (including phenoxy) is 1. The predicted molar refractivity (Wildman–Crippen MR) is 118 cm³/mol. The van der Waals surface area contributed by atoms with E-state index in [1.807, 2.05) is 24.3 Å². The van der Waals surface area contributed by atoms with E-state index in [1.54, 1.807) is 30.5 Å². The summed E-state index contributed by atoms with van der Waals surface area (Å²) in [5.74, 6) is 0.614. The molecule has 31 heavy (non-hydrogen) atoms. The first-order chi connectivity index (χ1) is 15.0. The minimum Gasteiger partial charge on any atom is -0.484 e. The van der Waals surface area contributed by atoms with E-state index in [0.29, 0.717) is 18.1 Å². The van der Waals surface area contributed by atoms with Gasteiger partial charge in [-0.05, 0) is 57.9 Å². The molecule has 1 amide bonds. The molecule has 0 saturated heterocycles. The van der Waals surface area contributed by atoms with Gasteiger partial charge in [-0.1, -0.05) is 35.9 Å². The Morgan fingerprint density at radius 2 is 2.03 bits per heavy atom. The number of aromatic nitrogens is 2. The third kappa shape index (κ3) is 5.34. The summed E-state index contributed by atoms with van der Waals surface area (Å²) in [6.07, 6.45) is 1.56. The summed E-state index contributed by atoms with van der Waals surface area (Å²) in [4.78, 5) is 12.5. The average Bonchev–Trinajstić information content (AvgIpc) is 3.34. The lowest BCUT2D eigenvalue weighted by Crippen LogP contribution is -2.12. The Balaban J connectivity index is 1.38. The number of para-hydroxylation sites is 1. The number of nitrogens with zero attached hydrogens (tertiary/aromatic N) is 2. The van der Waals surface area contributed by atoms with Crippen molar-refractivity contribution >= 4 is 39.3 Å². The number of rotatable bonds is 7. The highest BCUT2D eigenvalue weighted by molar-refractivity contribution is 9.10. The van der Waals surface area contributed by atoms with Crippen LogP contribution in [0.15, 0.2) is 75.8 Å². The maximum absolute atomic E-state index is 13.4. The number of anilines is 1. The van der Waals surface area contributed by atoms with Crippen molar-refractivity contribution in [3.05, 3.63) is 99.3 Å². The quantitative estimate of drug-likeness (QED) is 0.340. The SMILES string of the molecule is O=C(Nc1nn(Cc2cccc(F)c2)cc1Cl)c1ccc(COc2ccccc2Br)o1. The van der Waals surface area contributed by atoms with Crippen molar-refractivity contribution in [2.75, 3.05) is 5.32 Å². The van der Waals surface area contributed by atoms with Crippen molar-refractivity contribution in [3.8, 4) is 5.75 Å². The zero-order chi connectivity index (χ0) is 21.8. The van der Waals surface area contributed by atoms with Crippen LogP contribution in [0.5, 0.6) is 5.75 Å². The van der Waals surface area contributed by atoms with Gasteiger partial charge in [-0.2, -0.15) is 5.10 Å². The van der Waals surface area contributed by atoms with E-state index in [-0.39, 0.29) is 29.0 Å². The van der Waals surface area contributed by atoms with Gasteiger partial charge in [0.15, 0.2) is 11.6 Å². The Kier molecular flexibility index (Phi) is 6.39. The molecule has 4 aromatic rings. The number of amides is 1. The van der Waals surface area contributed by atoms with Gasteiger partial charge in [0.2, 0.25) is 0 Å². The molecule has 6 nitrogen and oxygen atoms in total. The average molecular weight is 505 g/mol. The molecule has 1 N–H and O–H groups in total. The number of nitrogens with one attached hydrogen (secondary N) is 1. The number of hydrogen-bond acceptors (Lipinski definition) is 4. The fourth-order valence-electron chi connectivity index (χ4n) is 2.84. The second-order valence-electron chi connectivity index (χ2n) is 6.59. The first kappa shape index (κ1) is 21.1. The first-order valence-corrected chi connectivity index (χ1v) is 10.4. The maximum Gasteiger partial charge on any atom is 0.292 e. The Morgan fingerprint density at radius 3 is 2.84 bits per heavy atom. The molecule has 0 aliphatic heterocycles. The van der Waals surface area contributed by atoms with Crippen LogP contribution in [0.2, 0.25) is 5.02 Å². The van der Waals surface area contributed by atoms with E-state index in [0.717, 1.165) is 10.0 Å². The molecule has 0 aliphatic carbocycles. The molecule has 158 valence electrons. The molecule has 0 saturated carbocycles. The summed E-state index contributed by atoms with van der Waals surface area (Å²) in [6.45, 7) is 0.476. The second kappa shape index (κ2) is 9.36. The summed E-state index contributed by atoms with van der Waals surface area (Å²) in [7, 11) is 0. The van der Waals surface area contributed by atoms with Crippen LogP contribution in [0.4, 0.5) is 10.2 Å². The van der Waals surface area contributed by atoms with E-state index in [2.05, 4.69) is 26.3 Å². The topological polar surface area (TPSA) is 69.3 Å². The highest BCUT2D eigenvalue weighted by Gasteiger charge is 2.16. The minimum atomic E-state index is -0.495. The standard InChI is InChI=1S/C22H16BrClFN3O3/c23-17-6-1-2-7-19(17)30-13-16-8-9-20(31-16)22(29)26-21-18(24)12-28(27-21)11-14-4-3-5-15(25)10-14/h1-10,12H,11,13H2,(H,26,27,29). The molecular weight excluding hydrogens is 489 g/mol. The Hall–Kier alpha value is -3.10. The Morgan fingerprint density at radius 1 is 1.19 bits per heavy atom. The van der Waals surface area contributed by atoms with E-state index < -0.39 is 5.91 Å². The number of furan rings is 1. The molecule has 0 spiro atoms. The fourth-order valence-corrected chi connectivity index (χ4v) is 3.44. The van der Waals surface area contributed by atoms with Crippen LogP contribution < -0.4 is 10.1 Å². The zero-order valence-electron chi connectivity index (χ0n) is 16.0. The highest BCUT2D eigenvalue weighted by atomic mass is 79.9. The van der Waals surface area contributed by atoms with Gasteiger partial charge in [-0.3, -0.25) is 9.48 Å². The van der Waals surface area contributed by atoms with Crippen LogP contribution in [0.3, 0.4) is 0 Å². The van der Waals surface area contributed by atoms with Crippen molar-refractivity contribution in [2.24, 2.45) is 0 Å². The Labute approximate surface area is 190 Å². The van der Waals surface area contributed by atoms with Gasteiger partial charge in [0.05, 0.1) is 11.0 Å². The smallest absolute Gasteiger partial charge is 0.292 e. The van der Waals surface area contributed by atoms with Crippen LogP contribution in [0.1, 0.15) is 21.9 Å². The van der Waals surface area contributed by atoms with E-state index in [4.69, 9.17) is 20.8 Å². The lowest BCUT2D eigenvalue weighted by molar-refractivity contribution is 0.0992. The van der Waals surface area contributed by atoms with Gasteiger partial charge in [-0.15, -0.1) is 0 Å². The third-order valence-corrected chi connectivity index (χ3v) is 5.21. The molecule has 0 bridgehead atoms. The van der Waals surface area contributed by atoms with Crippen molar-refractivity contribution in [1.82, 2.24) is 9.78 Å².